The Labute approximate surface area is 231 Å². The van der Waals surface area contributed by atoms with E-state index in [4.69, 9.17) is 21.1 Å². The van der Waals surface area contributed by atoms with Gasteiger partial charge < -0.3 is 14.4 Å². The van der Waals surface area contributed by atoms with Gasteiger partial charge in [-0.15, -0.1) is 0 Å². The summed E-state index contributed by atoms with van der Waals surface area (Å²) in [5.74, 6) is -1.52. The largest absolute Gasteiger partial charge is 0.486 e. The van der Waals surface area contributed by atoms with E-state index in [0.29, 0.717) is 41.0 Å². The molecule has 4 heterocycles. The molecule has 0 saturated carbocycles. The summed E-state index contributed by atoms with van der Waals surface area (Å²) in [4.78, 5) is 45.3. The van der Waals surface area contributed by atoms with Gasteiger partial charge in [0.1, 0.15) is 19.3 Å². The van der Waals surface area contributed by atoms with Gasteiger partial charge in [0.05, 0.1) is 23.6 Å². The van der Waals surface area contributed by atoms with Gasteiger partial charge in [-0.2, -0.15) is 0 Å². The maximum atomic E-state index is 14.1. The number of fused-ring (bicyclic) bond motifs is 6. The van der Waals surface area contributed by atoms with E-state index in [1.54, 1.807) is 54.6 Å². The highest BCUT2D eigenvalue weighted by molar-refractivity contribution is 9.10. The zero-order valence-electron chi connectivity index (χ0n) is 19.8. The van der Waals surface area contributed by atoms with Crippen molar-refractivity contribution in [1.29, 1.82) is 0 Å². The van der Waals surface area contributed by atoms with E-state index in [9.17, 15) is 14.4 Å². The van der Waals surface area contributed by atoms with Crippen molar-refractivity contribution < 1.29 is 23.9 Å². The fourth-order valence-electron chi connectivity index (χ4n) is 6.04. The van der Waals surface area contributed by atoms with Crippen LogP contribution in [0.5, 0.6) is 11.5 Å². The van der Waals surface area contributed by atoms with Crippen LogP contribution >= 0.6 is 27.5 Å². The first-order valence-corrected chi connectivity index (χ1v) is 13.4. The molecule has 9 heteroatoms. The van der Waals surface area contributed by atoms with Gasteiger partial charge in [0, 0.05) is 26.8 Å². The summed E-state index contributed by atoms with van der Waals surface area (Å²) in [5.41, 5.74) is 2.49. The first-order chi connectivity index (χ1) is 18.4. The number of rotatable bonds is 3. The van der Waals surface area contributed by atoms with E-state index >= 15 is 0 Å². The summed E-state index contributed by atoms with van der Waals surface area (Å²) in [6.45, 7) is 0.824. The van der Waals surface area contributed by atoms with Gasteiger partial charge in [-0.05, 0) is 42.0 Å². The number of hydrogen-bond donors (Lipinski definition) is 0. The van der Waals surface area contributed by atoms with Crippen LogP contribution < -0.4 is 19.3 Å². The Balaban J connectivity index is 1.35. The monoisotopic (exact) mass is 590 g/mol. The SMILES string of the molecule is O=C(c1ccc(Br)cc1)[C@@H]1[C@@H]2C(=O)N(c3ccc4c(c3)OCCO4)C(=O)[C@H]2[C@@H]2C=Cc3ccc(Cl)cc3N12. The van der Waals surface area contributed by atoms with Crippen molar-refractivity contribution in [3.63, 3.8) is 0 Å². The standard InChI is InChI=1S/C29H20BrClN2O5/c30-17-5-1-16(2-6-17)27(34)26-25-24(20-9-4-15-3-7-18(31)13-21(15)33(20)26)28(35)32(29(25)36)19-8-10-22-23(14-19)38-12-11-37-22/h1-10,13-14,20,24-26H,11-12H2/t20-,24-,25+,26-/m0/s1. The molecule has 190 valence electrons. The molecule has 2 amide bonds. The minimum absolute atomic E-state index is 0.221. The first kappa shape index (κ1) is 23.5. The quantitative estimate of drug-likeness (QED) is 0.310. The van der Waals surface area contributed by atoms with E-state index in [0.717, 1.165) is 15.7 Å². The number of benzene rings is 3. The molecule has 7 nitrogen and oxygen atoms in total. The molecule has 0 aromatic heterocycles. The number of Topliss-reactive ketones (excluding diaryl/α,β-unsaturated/α-hetero) is 1. The van der Waals surface area contributed by atoms with Crippen molar-refractivity contribution in [3.8, 4) is 11.5 Å². The Morgan fingerprint density at radius 1 is 0.895 bits per heavy atom. The second-order valence-corrected chi connectivity index (χ2v) is 11.0. The Kier molecular flexibility index (Phi) is 5.39. The van der Waals surface area contributed by atoms with Crippen LogP contribution in [0.4, 0.5) is 11.4 Å². The van der Waals surface area contributed by atoms with E-state index in [2.05, 4.69) is 15.9 Å². The number of ether oxygens (including phenoxy) is 2. The number of carbonyl (C=O) groups excluding carboxylic acids is 3. The second kappa shape index (κ2) is 8.71. The third-order valence-corrected chi connectivity index (χ3v) is 8.42. The maximum Gasteiger partial charge on any atom is 0.240 e. The summed E-state index contributed by atoms with van der Waals surface area (Å²) >= 11 is 9.78. The fraction of sp³-hybridized carbons (Fsp3) is 0.207. The molecule has 0 bridgehead atoms. The summed E-state index contributed by atoms with van der Waals surface area (Å²) in [6.07, 6.45) is 3.85. The van der Waals surface area contributed by atoms with Gasteiger partial charge in [0.2, 0.25) is 11.8 Å². The van der Waals surface area contributed by atoms with Crippen molar-refractivity contribution in [1.82, 2.24) is 0 Å². The summed E-state index contributed by atoms with van der Waals surface area (Å²) in [6, 6.07) is 16.2. The van der Waals surface area contributed by atoms with E-state index in [1.807, 2.05) is 23.1 Å². The van der Waals surface area contributed by atoms with Crippen LogP contribution in [-0.2, 0) is 9.59 Å². The Morgan fingerprint density at radius 2 is 1.63 bits per heavy atom. The highest BCUT2D eigenvalue weighted by Gasteiger charge is 2.64. The van der Waals surface area contributed by atoms with Gasteiger partial charge in [-0.1, -0.05) is 57.9 Å². The predicted molar refractivity (Wildman–Crippen MR) is 146 cm³/mol. The Morgan fingerprint density at radius 3 is 2.42 bits per heavy atom. The number of imide groups is 1. The molecule has 2 fully saturated rings. The Bertz CT molecular complexity index is 1560. The summed E-state index contributed by atoms with van der Waals surface area (Å²) < 4.78 is 12.1. The predicted octanol–water partition coefficient (Wildman–Crippen LogP) is 5.15. The topological polar surface area (TPSA) is 76.1 Å². The third kappa shape index (κ3) is 3.43. The smallest absolute Gasteiger partial charge is 0.240 e. The molecule has 2 saturated heterocycles. The molecule has 3 aromatic rings. The summed E-state index contributed by atoms with van der Waals surface area (Å²) in [5, 5.41) is 0.514. The average molecular weight is 592 g/mol. The molecule has 0 radical (unpaired) electrons. The minimum Gasteiger partial charge on any atom is -0.486 e. The lowest BCUT2D eigenvalue weighted by molar-refractivity contribution is -0.122. The van der Waals surface area contributed by atoms with E-state index < -0.39 is 29.8 Å². The number of carbonyl (C=O) groups is 3. The molecular formula is C29H20BrClN2O5. The summed E-state index contributed by atoms with van der Waals surface area (Å²) in [7, 11) is 0. The Hall–Kier alpha value is -3.62. The fourth-order valence-corrected chi connectivity index (χ4v) is 6.47. The second-order valence-electron chi connectivity index (χ2n) is 9.67. The van der Waals surface area contributed by atoms with Crippen molar-refractivity contribution in [3.05, 3.63) is 87.4 Å². The van der Waals surface area contributed by atoms with Gasteiger partial charge in [-0.25, -0.2) is 4.90 Å². The highest BCUT2D eigenvalue weighted by atomic mass is 79.9. The molecule has 4 aliphatic rings. The zero-order chi connectivity index (χ0) is 26.1. The van der Waals surface area contributed by atoms with Crippen molar-refractivity contribution in [2.75, 3.05) is 23.0 Å². The third-order valence-electron chi connectivity index (χ3n) is 7.65. The lowest BCUT2D eigenvalue weighted by Gasteiger charge is -2.36. The lowest BCUT2D eigenvalue weighted by atomic mass is 9.86. The van der Waals surface area contributed by atoms with Crippen molar-refractivity contribution in [2.24, 2.45) is 11.8 Å². The van der Waals surface area contributed by atoms with Crippen LogP contribution in [0.1, 0.15) is 15.9 Å². The molecule has 7 rings (SSSR count). The number of ketones is 1. The molecule has 4 atom stereocenters. The number of amides is 2. The average Bonchev–Trinajstić information content (AvgIpc) is 3.41. The van der Waals surface area contributed by atoms with Crippen molar-refractivity contribution in [2.45, 2.75) is 12.1 Å². The molecule has 0 N–H and O–H groups in total. The van der Waals surface area contributed by atoms with Gasteiger partial charge in [0.15, 0.2) is 17.3 Å². The van der Waals surface area contributed by atoms with Crippen LogP contribution in [0, 0.1) is 11.8 Å². The highest BCUT2D eigenvalue weighted by Crippen LogP contribution is 2.50. The van der Waals surface area contributed by atoms with Crippen LogP contribution in [-0.4, -0.2) is 42.9 Å². The zero-order valence-corrected chi connectivity index (χ0v) is 22.2. The molecule has 4 aliphatic heterocycles. The van der Waals surface area contributed by atoms with Crippen LogP contribution in [0.25, 0.3) is 6.08 Å². The van der Waals surface area contributed by atoms with Gasteiger partial charge in [-0.3, -0.25) is 14.4 Å². The molecule has 0 spiro atoms. The maximum absolute atomic E-state index is 14.1. The van der Waals surface area contributed by atoms with Crippen molar-refractivity contribution >= 4 is 62.6 Å². The van der Waals surface area contributed by atoms with Crippen LogP contribution in [0.3, 0.4) is 0 Å². The van der Waals surface area contributed by atoms with E-state index in [-0.39, 0.29) is 11.7 Å². The van der Waals surface area contributed by atoms with Crippen LogP contribution in [0.2, 0.25) is 5.02 Å². The van der Waals surface area contributed by atoms with E-state index in [1.165, 1.54) is 4.90 Å². The number of hydrogen-bond acceptors (Lipinski definition) is 6. The number of halogens is 2. The first-order valence-electron chi connectivity index (χ1n) is 12.3. The lowest BCUT2D eigenvalue weighted by Crippen LogP contribution is -2.48. The van der Waals surface area contributed by atoms with Gasteiger partial charge >= 0.3 is 0 Å². The molecule has 0 aliphatic carbocycles. The molecule has 38 heavy (non-hydrogen) atoms. The minimum atomic E-state index is -0.882. The molecule has 3 aromatic carbocycles. The number of nitrogens with zero attached hydrogens (tertiary/aromatic N) is 2. The number of anilines is 2. The van der Waals surface area contributed by atoms with Crippen LogP contribution in [0.15, 0.2) is 71.2 Å². The normalized spacial score (nSPS) is 24.8. The van der Waals surface area contributed by atoms with Gasteiger partial charge in [0.25, 0.3) is 0 Å². The molecular weight excluding hydrogens is 572 g/mol. The molecule has 0 unspecified atom stereocenters.